The zero-order valence-electron chi connectivity index (χ0n) is 9.18. The van der Waals surface area contributed by atoms with E-state index in [1.54, 1.807) is 0 Å². The molecule has 0 radical (unpaired) electrons. The van der Waals surface area contributed by atoms with Crippen LogP contribution >= 0.6 is 66.1 Å². The third-order valence-electron chi connectivity index (χ3n) is 2.40. The molecule has 0 unspecified atom stereocenters. The van der Waals surface area contributed by atoms with Crippen molar-refractivity contribution in [1.29, 1.82) is 0 Å². The van der Waals surface area contributed by atoms with Crippen LogP contribution in [-0.4, -0.2) is 0 Å². The third-order valence-corrected chi connectivity index (χ3v) is 5.06. The van der Waals surface area contributed by atoms with Crippen LogP contribution in [0.15, 0.2) is 45.3 Å². The van der Waals surface area contributed by atoms with Gasteiger partial charge < -0.3 is 5.32 Å². The molecule has 0 saturated carbocycles. The van der Waals surface area contributed by atoms with E-state index >= 15 is 0 Å². The van der Waals surface area contributed by atoms with Crippen molar-refractivity contribution in [2.45, 2.75) is 6.54 Å². The molecule has 0 saturated heterocycles. The summed E-state index contributed by atoms with van der Waals surface area (Å²) in [7, 11) is 0. The molecule has 0 aliphatic carbocycles. The molecule has 94 valence electrons. The second-order valence-electron chi connectivity index (χ2n) is 3.73. The van der Waals surface area contributed by atoms with Crippen LogP contribution in [0.4, 0.5) is 5.69 Å². The van der Waals surface area contributed by atoms with Crippen LogP contribution in [0.2, 0.25) is 5.02 Å². The highest BCUT2D eigenvalue weighted by Crippen LogP contribution is 2.26. The fourth-order valence-corrected chi connectivity index (χ4v) is 2.82. The first-order valence-corrected chi connectivity index (χ1v) is 8.23. The van der Waals surface area contributed by atoms with Crippen LogP contribution in [0.25, 0.3) is 0 Å². The second kappa shape index (κ2) is 6.59. The van der Waals surface area contributed by atoms with Crippen LogP contribution in [0.3, 0.4) is 0 Å². The summed E-state index contributed by atoms with van der Waals surface area (Å²) in [5, 5.41) is 4.14. The molecule has 0 aliphatic rings. The molecule has 0 spiro atoms. The molecular weight excluding hydrogens is 492 g/mol. The lowest BCUT2D eigenvalue weighted by Crippen LogP contribution is -2.01. The average molecular weight is 501 g/mol. The molecule has 0 bridgehead atoms. The van der Waals surface area contributed by atoms with Crippen molar-refractivity contribution < 1.29 is 0 Å². The van der Waals surface area contributed by atoms with E-state index in [0.29, 0.717) is 0 Å². The van der Waals surface area contributed by atoms with E-state index in [1.165, 1.54) is 3.57 Å². The van der Waals surface area contributed by atoms with Gasteiger partial charge in [-0.1, -0.05) is 33.6 Å². The summed E-state index contributed by atoms with van der Waals surface area (Å²) in [6.07, 6.45) is 0. The van der Waals surface area contributed by atoms with Crippen molar-refractivity contribution in [2.75, 3.05) is 5.32 Å². The highest BCUT2D eigenvalue weighted by molar-refractivity contribution is 14.1. The fraction of sp³-hybridized carbons (Fsp3) is 0.0769. The first-order valence-electron chi connectivity index (χ1n) is 5.19. The van der Waals surface area contributed by atoms with Gasteiger partial charge in [0.15, 0.2) is 0 Å². The van der Waals surface area contributed by atoms with Crippen molar-refractivity contribution in [1.82, 2.24) is 0 Å². The maximum absolute atomic E-state index is 6.07. The maximum Gasteiger partial charge on any atom is 0.0551 e. The van der Waals surface area contributed by atoms with Gasteiger partial charge in [-0.3, -0.25) is 0 Å². The van der Waals surface area contributed by atoms with E-state index in [-0.39, 0.29) is 0 Å². The van der Waals surface area contributed by atoms with E-state index in [4.69, 9.17) is 11.6 Å². The molecule has 1 N–H and O–H groups in total. The van der Waals surface area contributed by atoms with Gasteiger partial charge in [0.1, 0.15) is 0 Å². The Bertz CT molecular complexity index is 575. The molecule has 0 aliphatic heterocycles. The number of halogens is 4. The van der Waals surface area contributed by atoms with E-state index in [0.717, 1.165) is 31.8 Å². The summed E-state index contributed by atoms with van der Waals surface area (Å²) >= 11 is 15.2. The summed E-state index contributed by atoms with van der Waals surface area (Å²) in [6.45, 7) is 0.749. The van der Waals surface area contributed by atoms with Gasteiger partial charge in [-0.15, -0.1) is 0 Å². The van der Waals surface area contributed by atoms with Gasteiger partial charge in [0.25, 0.3) is 0 Å². The van der Waals surface area contributed by atoms with E-state index in [9.17, 15) is 0 Å². The van der Waals surface area contributed by atoms with Crippen molar-refractivity contribution in [3.8, 4) is 0 Å². The summed E-state index contributed by atoms with van der Waals surface area (Å²) in [4.78, 5) is 0. The van der Waals surface area contributed by atoms with Crippen LogP contribution in [0, 0.1) is 3.57 Å². The fourth-order valence-electron chi connectivity index (χ4n) is 1.48. The third kappa shape index (κ3) is 3.85. The minimum Gasteiger partial charge on any atom is -0.380 e. The Labute approximate surface area is 142 Å². The molecule has 2 aromatic carbocycles. The predicted octanol–water partition coefficient (Wildman–Crippen LogP) is 6.08. The first-order chi connectivity index (χ1) is 8.56. The van der Waals surface area contributed by atoms with Crippen LogP contribution in [-0.2, 0) is 6.54 Å². The molecule has 1 nitrogen and oxygen atoms in total. The van der Waals surface area contributed by atoms with Crippen molar-refractivity contribution in [2.24, 2.45) is 0 Å². The standard InChI is InChI=1S/C13H9Br2ClIN/c14-9-2-4-12(17)13(6-9)18-7-8-1-3-10(15)11(16)5-8/h1-6,18H,7H2. The van der Waals surface area contributed by atoms with E-state index in [1.807, 2.05) is 24.3 Å². The molecule has 0 fully saturated rings. The Morgan fingerprint density at radius 3 is 2.61 bits per heavy atom. The van der Waals surface area contributed by atoms with Gasteiger partial charge in [-0.2, -0.15) is 0 Å². The molecule has 18 heavy (non-hydrogen) atoms. The number of nitrogens with one attached hydrogen (secondary N) is 1. The number of hydrogen-bond donors (Lipinski definition) is 1. The van der Waals surface area contributed by atoms with Gasteiger partial charge in [-0.05, 0) is 74.4 Å². The summed E-state index contributed by atoms with van der Waals surface area (Å²) in [5.41, 5.74) is 2.27. The van der Waals surface area contributed by atoms with Gasteiger partial charge >= 0.3 is 0 Å². The summed E-state index contributed by atoms with van der Waals surface area (Å²) in [6, 6.07) is 12.1. The SMILES string of the molecule is Clc1cc(CNc2cc(Br)ccc2I)ccc1Br. The minimum atomic E-state index is 0.734. The normalized spacial score (nSPS) is 10.4. The average Bonchev–Trinajstić information content (AvgIpc) is 2.34. The Hall–Kier alpha value is 0.220. The Morgan fingerprint density at radius 2 is 1.89 bits per heavy atom. The largest absolute Gasteiger partial charge is 0.380 e. The van der Waals surface area contributed by atoms with Gasteiger partial charge in [0, 0.05) is 24.7 Å². The zero-order valence-corrected chi connectivity index (χ0v) is 15.3. The molecule has 0 atom stereocenters. The van der Waals surface area contributed by atoms with E-state index in [2.05, 4.69) is 71.9 Å². The maximum atomic E-state index is 6.07. The Balaban J connectivity index is 2.11. The Kier molecular flexibility index (Phi) is 5.35. The predicted molar refractivity (Wildman–Crippen MR) is 93.3 cm³/mol. The monoisotopic (exact) mass is 499 g/mol. The number of anilines is 1. The van der Waals surface area contributed by atoms with Crippen molar-refractivity contribution >= 4 is 71.7 Å². The second-order valence-corrected chi connectivity index (χ2v) is 7.07. The first kappa shape index (κ1) is 14.6. The summed E-state index contributed by atoms with van der Waals surface area (Å²) < 4.78 is 3.18. The van der Waals surface area contributed by atoms with Crippen molar-refractivity contribution in [3.05, 3.63) is 59.5 Å². The smallest absolute Gasteiger partial charge is 0.0551 e. The quantitative estimate of drug-likeness (QED) is 0.503. The number of rotatable bonds is 3. The lowest BCUT2D eigenvalue weighted by molar-refractivity contribution is 1.14. The molecular formula is C13H9Br2ClIN. The van der Waals surface area contributed by atoms with E-state index < -0.39 is 0 Å². The van der Waals surface area contributed by atoms with Gasteiger partial charge in [0.2, 0.25) is 0 Å². The topological polar surface area (TPSA) is 12.0 Å². The molecule has 0 aromatic heterocycles. The lowest BCUT2D eigenvalue weighted by atomic mass is 10.2. The molecule has 5 heteroatoms. The minimum absolute atomic E-state index is 0.734. The van der Waals surface area contributed by atoms with Crippen molar-refractivity contribution in [3.63, 3.8) is 0 Å². The highest BCUT2D eigenvalue weighted by Gasteiger charge is 2.02. The van der Waals surface area contributed by atoms with Crippen LogP contribution in [0.5, 0.6) is 0 Å². The number of benzene rings is 2. The van der Waals surface area contributed by atoms with Gasteiger partial charge in [0.05, 0.1) is 5.02 Å². The molecule has 0 amide bonds. The number of hydrogen-bond acceptors (Lipinski definition) is 1. The molecule has 0 heterocycles. The Morgan fingerprint density at radius 1 is 1.11 bits per heavy atom. The van der Waals surface area contributed by atoms with Gasteiger partial charge in [-0.25, -0.2) is 0 Å². The molecule has 2 rings (SSSR count). The summed E-state index contributed by atoms with van der Waals surface area (Å²) in [5.74, 6) is 0. The molecule has 2 aromatic rings. The van der Waals surface area contributed by atoms with Crippen LogP contribution in [0.1, 0.15) is 5.56 Å². The zero-order chi connectivity index (χ0) is 13.1. The highest BCUT2D eigenvalue weighted by atomic mass is 127. The lowest BCUT2D eigenvalue weighted by Gasteiger charge is -2.10. The van der Waals surface area contributed by atoms with Crippen LogP contribution < -0.4 is 5.32 Å².